The molecule has 0 aliphatic heterocycles. The molecule has 0 fully saturated rings. The summed E-state index contributed by atoms with van der Waals surface area (Å²) >= 11 is -2.16. The van der Waals surface area contributed by atoms with Crippen LogP contribution in [-0.4, -0.2) is 5.92 Å². The molecular weight excluding hydrogens is 624 g/mol. The summed E-state index contributed by atoms with van der Waals surface area (Å²) in [6.45, 7) is 14.7. The summed E-state index contributed by atoms with van der Waals surface area (Å²) in [6, 6.07) is 32.6. The average Bonchev–Trinajstić information content (AvgIpc) is 3.58. The average molecular weight is 673 g/mol. The topological polar surface area (TPSA) is 0 Å². The number of rotatable bonds is 11. The zero-order chi connectivity index (χ0) is 30.8. The first-order valence-corrected chi connectivity index (χ1v) is 27.1. The number of unbranched alkanes of at least 4 members (excludes halogenated alkanes) is 2. The van der Waals surface area contributed by atoms with Gasteiger partial charge in [-0.1, -0.05) is 0 Å². The molecule has 4 aromatic rings. The molecule has 0 radical (unpaired) electrons. The molecule has 0 heterocycles. The summed E-state index contributed by atoms with van der Waals surface area (Å²) in [5.41, 5.74) is 18.4. The Kier molecular flexibility index (Phi) is 9.89. The van der Waals surface area contributed by atoms with Crippen LogP contribution in [-0.2, 0) is 20.9 Å². The SMILES string of the molecule is CCCCC1=Cc2c(-c3ccccc3C)cccc2[CH]1[Zr]([CH]1C(CCCC)=Cc2c(-c3ccccc3C)cccc21)[SiH](C)C. The molecule has 2 aliphatic rings. The van der Waals surface area contributed by atoms with Gasteiger partial charge in [-0.2, -0.15) is 0 Å². The van der Waals surface area contributed by atoms with Crippen LogP contribution in [0.2, 0.25) is 13.1 Å². The molecule has 2 unspecified atom stereocenters. The Morgan fingerprint density at radius 2 is 0.955 bits per heavy atom. The number of allylic oxidation sites excluding steroid dienone is 2. The van der Waals surface area contributed by atoms with Crippen molar-refractivity contribution in [3.63, 3.8) is 0 Å². The number of hydrogen-bond donors (Lipinski definition) is 0. The zero-order valence-electron chi connectivity index (χ0n) is 27.7. The van der Waals surface area contributed by atoms with E-state index in [1.54, 1.807) is 22.3 Å². The monoisotopic (exact) mass is 671 g/mol. The van der Waals surface area contributed by atoms with E-state index < -0.39 is 26.8 Å². The van der Waals surface area contributed by atoms with Crippen molar-refractivity contribution in [3.8, 4) is 22.3 Å². The predicted molar refractivity (Wildman–Crippen MR) is 193 cm³/mol. The Labute approximate surface area is 275 Å². The molecule has 2 atom stereocenters. The maximum atomic E-state index is 2.72. The quantitative estimate of drug-likeness (QED) is 0.139. The number of aryl methyl sites for hydroxylation is 2. The van der Waals surface area contributed by atoms with Gasteiger partial charge in [-0.05, 0) is 0 Å². The summed E-state index contributed by atoms with van der Waals surface area (Å²) < 4.78 is 1.38. The standard InChI is InChI=1S/2C20H21.C2H7Si.Zr/c2*1-3-4-9-16-13-17-10-7-12-19(20(17)14-16)18-11-6-5-8-15(18)2;1-3-2;/h2*5-8,10-14H,3-4,9H2,1-2H3;3H,1-2H3;. The number of fused-ring (bicyclic) bond motifs is 2. The first-order chi connectivity index (χ1) is 21.4. The second-order valence-corrected chi connectivity index (χ2v) is 33.5. The molecule has 0 saturated heterocycles. The van der Waals surface area contributed by atoms with Crippen molar-refractivity contribution in [2.45, 2.75) is 86.6 Å². The Morgan fingerprint density at radius 3 is 1.34 bits per heavy atom. The van der Waals surface area contributed by atoms with E-state index in [2.05, 4.69) is 138 Å². The van der Waals surface area contributed by atoms with Gasteiger partial charge in [-0.15, -0.1) is 0 Å². The molecule has 6 rings (SSSR count). The summed E-state index contributed by atoms with van der Waals surface area (Å²) in [5, 5.41) is 0. The minimum atomic E-state index is -2.16. The molecule has 4 aromatic carbocycles. The Hall–Kier alpha value is -2.54. The fraction of sp³-hybridized carbons (Fsp3) is 0.333. The molecule has 44 heavy (non-hydrogen) atoms. The van der Waals surface area contributed by atoms with Crippen molar-refractivity contribution in [2.75, 3.05) is 0 Å². The van der Waals surface area contributed by atoms with Crippen LogP contribution >= 0.6 is 0 Å². The van der Waals surface area contributed by atoms with Crippen molar-refractivity contribution >= 4 is 18.1 Å². The summed E-state index contributed by atoms with van der Waals surface area (Å²) in [7, 11) is 0. The molecule has 225 valence electrons. The fourth-order valence-electron chi connectivity index (χ4n) is 7.96. The third-order valence-corrected chi connectivity index (χ3v) is 31.9. The van der Waals surface area contributed by atoms with Crippen LogP contribution in [0.25, 0.3) is 34.4 Å². The van der Waals surface area contributed by atoms with Gasteiger partial charge in [0.2, 0.25) is 0 Å². The third kappa shape index (κ3) is 5.90. The molecule has 0 spiro atoms. The zero-order valence-corrected chi connectivity index (χ0v) is 31.3. The summed E-state index contributed by atoms with van der Waals surface area (Å²) in [4.78, 5) is 0. The van der Waals surface area contributed by atoms with Crippen molar-refractivity contribution in [3.05, 3.63) is 129 Å². The molecule has 0 amide bonds. The van der Waals surface area contributed by atoms with E-state index >= 15 is 0 Å². The summed E-state index contributed by atoms with van der Waals surface area (Å²) in [5.74, 6) is -0.938. The van der Waals surface area contributed by atoms with E-state index in [0.29, 0.717) is 7.25 Å². The molecule has 0 aromatic heterocycles. The van der Waals surface area contributed by atoms with Gasteiger partial charge in [0, 0.05) is 0 Å². The number of hydrogen-bond acceptors (Lipinski definition) is 0. The minimum absolute atomic E-state index is 0.692. The first-order valence-electron chi connectivity index (χ1n) is 17.1. The molecule has 2 heteroatoms. The molecular formula is C42H49SiZr. The van der Waals surface area contributed by atoms with Crippen molar-refractivity contribution in [1.29, 1.82) is 0 Å². The second kappa shape index (κ2) is 13.8. The Morgan fingerprint density at radius 1 is 0.545 bits per heavy atom. The van der Waals surface area contributed by atoms with Crippen LogP contribution in [0, 0.1) is 13.8 Å². The fourth-order valence-corrected chi connectivity index (χ4v) is 30.8. The van der Waals surface area contributed by atoms with Crippen LogP contribution < -0.4 is 0 Å². The molecule has 2 aliphatic carbocycles. The summed E-state index contributed by atoms with van der Waals surface area (Å²) in [6.07, 6.45) is 13.0. The van der Waals surface area contributed by atoms with E-state index in [-0.39, 0.29) is 0 Å². The van der Waals surface area contributed by atoms with Crippen LogP contribution in [0.4, 0.5) is 0 Å². The van der Waals surface area contributed by atoms with Crippen LogP contribution in [0.3, 0.4) is 0 Å². The van der Waals surface area contributed by atoms with Gasteiger partial charge < -0.3 is 0 Å². The third-order valence-electron chi connectivity index (χ3n) is 10.1. The van der Waals surface area contributed by atoms with Crippen LogP contribution in [0.15, 0.2) is 96.1 Å². The van der Waals surface area contributed by atoms with E-state index in [1.165, 1.54) is 83.0 Å². The normalized spacial score (nSPS) is 17.0. The molecule has 0 bridgehead atoms. The van der Waals surface area contributed by atoms with E-state index in [0.717, 1.165) is 0 Å². The van der Waals surface area contributed by atoms with E-state index in [4.69, 9.17) is 0 Å². The number of benzene rings is 4. The van der Waals surface area contributed by atoms with E-state index in [1.807, 2.05) is 0 Å². The predicted octanol–water partition coefficient (Wildman–Crippen LogP) is 12.2. The van der Waals surface area contributed by atoms with Gasteiger partial charge in [-0.25, -0.2) is 0 Å². The maximum absolute atomic E-state index is 2.72. The van der Waals surface area contributed by atoms with Crippen molar-refractivity contribution in [2.24, 2.45) is 0 Å². The Bertz CT molecular complexity index is 1580. The van der Waals surface area contributed by atoms with Gasteiger partial charge in [-0.3, -0.25) is 0 Å². The molecule has 0 nitrogen and oxygen atoms in total. The molecule has 0 N–H and O–H groups in total. The Balaban J connectivity index is 1.53. The van der Waals surface area contributed by atoms with Gasteiger partial charge >= 0.3 is 277 Å². The van der Waals surface area contributed by atoms with Crippen LogP contribution in [0.5, 0.6) is 0 Å². The first kappa shape index (κ1) is 31.4. The van der Waals surface area contributed by atoms with Crippen molar-refractivity contribution in [1.82, 2.24) is 0 Å². The van der Waals surface area contributed by atoms with Gasteiger partial charge in [0.05, 0.1) is 0 Å². The van der Waals surface area contributed by atoms with Crippen LogP contribution in [0.1, 0.15) is 93.0 Å². The second-order valence-electron chi connectivity index (χ2n) is 13.4. The van der Waals surface area contributed by atoms with Gasteiger partial charge in [0.15, 0.2) is 0 Å². The van der Waals surface area contributed by atoms with Crippen molar-refractivity contribution < 1.29 is 20.9 Å². The molecule has 0 saturated carbocycles. The van der Waals surface area contributed by atoms with E-state index in [9.17, 15) is 0 Å². The van der Waals surface area contributed by atoms with Gasteiger partial charge in [0.25, 0.3) is 0 Å². The van der Waals surface area contributed by atoms with Gasteiger partial charge in [0.1, 0.15) is 0 Å².